The molecule has 0 aromatic rings. The second-order valence-corrected chi connectivity index (χ2v) is 5.28. The van der Waals surface area contributed by atoms with Crippen LogP contribution in [-0.4, -0.2) is 48.6 Å². The summed E-state index contributed by atoms with van der Waals surface area (Å²) in [7, 11) is 1.46. The maximum Gasteiger partial charge on any atom is 0.309 e. The lowest BCUT2D eigenvalue weighted by Crippen LogP contribution is -2.42. The predicted molar refractivity (Wildman–Crippen MR) is 64.2 cm³/mol. The average Bonchev–Trinajstić information content (AvgIpc) is 2.54. The van der Waals surface area contributed by atoms with E-state index in [9.17, 15) is 4.79 Å². The molecule has 0 N–H and O–H groups in total. The highest BCUT2D eigenvalue weighted by Gasteiger charge is 2.26. The SMILES string of the molecule is COC(=O)C(C)C(C)N1CCCSCC1. The Morgan fingerprint density at radius 2 is 2.07 bits per heavy atom. The molecule has 0 aliphatic carbocycles. The largest absolute Gasteiger partial charge is 0.469 e. The van der Waals surface area contributed by atoms with Gasteiger partial charge in [-0.2, -0.15) is 11.8 Å². The molecule has 0 aromatic heterocycles. The van der Waals surface area contributed by atoms with E-state index >= 15 is 0 Å². The second kappa shape index (κ2) is 6.38. The van der Waals surface area contributed by atoms with E-state index in [4.69, 9.17) is 4.74 Å². The van der Waals surface area contributed by atoms with Gasteiger partial charge < -0.3 is 4.74 Å². The van der Waals surface area contributed by atoms with Gasteiger partial charge in [0, 0.05) is 18.3 Å². The highest BCUT2D eigenvalue weighted by atomic mass is 32.2. The van der Waals surface area contributed by atoms with Gasteiger partial charge in [-0.1, -0.05) is 6.92 Å². The van der Waals surface area contributed by atoms with Crippen LogP contribution >= 0.6 is 11.8 Å². The van der Waals surface area contributed by atoms with Crippen molar-refractivity contribution in [2.24, 2.45) is 5.92 Å². The monoisotopic (exact) mass is 231 g/mol. The Kier molecular flexibility index (Phi) is 5.47. The smallest absolute Gasteiger partial charge is 0.309 e. The normalized spacial score (nSPS) is 22.9. The van der Waals surface area contributed by atoms with Crippen molar-refractivity contribution in [2.45, 2.75) is 26.3 Å². The van der Waals surface area contributed by atoms with E-state index in [0.717, 1.165) is 13.1 Å². The van der Waals surface area contributed by atoms with Gasteiger partial charge in [0.1, 0.15) is 0 Å². The van der Waals surface area contributed by atoms with E-state index in [1.165, 1.54) is 25.0 Å². The van der Waals surface area contributed by atoms with Crippen molar-refractivity contribution in [3.63, 3.8) is 0 Å². The molecule has 0 radical (unpaired) electrons. The predicted octanol–water partition coefficient (Wildman–Crippen LogP) is 1.62. The summed E-state index contributed by atoms with van der Waals surface area (Å²) < 4.78 is 4.78. The number of carbonyl (C=O) groups excluding carboxylic acids is 1. The first-order valence-electron chi connectivity index (χ1n) is 5.56. The fraction of sp³-hybridized carbons (Fsp3) is 0.909. The zero-order chi connectivity index (χ0) is 11.3. The van der Waals surface area contributed by atoms with E-state index < -0.39 is 0 Å². The molecule has 2 unspecified atom stereocenters. The molecule has 0 bridgehead atoms. The van der Waals surface area contributed by atoms with Gasteiger partial charge in [0.15, 0.2) is 0 Å². The molecule has 1 fully saturated rings. The number of nitrogens with zero attached hydrogens (tertiary/aromatic N) is 1. The number of thioether (sulfide) groups is 1. The molecule has 2 atom stereocenters. The number of ether oxygens (including phenoxy) is 1. The van der Waals surface area contributed by atoms with Gasteiger partial charge in [-0.05, 0) is 25.6 Å². The summed E-state index contributed by atoms with van der Waals surface area (Å²) in [6.45, 7) is 6.27. The zero-order valence-electron chi connectivity index (χ0n) is 9.86. The van der Waals surface area contributed by atoms with Crippen molar-refractivity contribution in [1.29, 1.82) is 0 Å². The van der Waals surface area contributed by atoms with Crippen LogP contribution in [0.1, 0.15) is 20.3 Å². The Hall–Kier alpha value is -0.220. The topological polar surface area (TPSA) is 29.5 Å². The summed E-state index contributed by atoms with van der Waals surface area (Å²) in [6.07, 6.45) is 1.23. The van der Waals surface area contributed by atoms with Crippen LogP contribution in [0.4, 0.5) is 0 Å². The summed E-state index contributed by atoms with van der Waals surface area (Å²) in [5.41, 5.74) is 0. The van der Waals surface area contributed by atoms with Gasteiger partial charge in [0.2, 0.25) is 0 Å². The number of esters is 1. The lowest BCUT2D eigenvalue weighted by atomic mass is 10.0. The fourth-order valence-corrected chi connectivity index (χ4v) is 2.77. The highest BCUT2D eigenvalue weighted by molar-refractivity contribution is 7.99. The molecule has 1 rings (SSSR count). The van der Waals surface area contributed by atoms with Gasteiger partial charge in [0.25, 0.3) is 0 Å². The Labute approximate surface area is 96.5 Å². The van der Waals surface area contributed by atoms with Gasteiger partial charge in [-0.3, -0.25) is 9.69 Å². The molecular weight excluding hydrogens is 210 g/mol. The van der Waals surface area contributed by atoms with Gasteiger partial charge >= 0.3 is 5.97 Å². The zero-order valence-corrected chi connectivity index (χ0v) is 10.7. The van der Waals surface area contributed by atoms with E-state index in [-0.39, 0.29) is 17.9 Å². The van der Waals surface area contributed by atoms with Crippen LogP contribution < -0.4 is 0 Å². The maximum atomic E-state index is 11.4. The van der Waals surface area contributed by atoms with Crippen molar-refractivity contribution < 1.29 is 9.53 Å². The summed E-state index contributed by atoms with van der Waals surface area (Å²) >= 11 is 2.00. The average molecular weight is 231 g/mol. The minimum atomic E-state index is -0.0978. The standard InChI is InChI=1S/C11H21NO2S/c1-9(11(13)14-3)10(2)12-5-4-7-15-8-6-12/h9-10H,4-8H2,1-3H3. The number of hydrogen-bond acceptors (Lipinski definition) is 4. The summed E-state index contributed by atoms with van der Waals surface area (Å²) in [5.74, 6) is 2.30. The Bertz CT molecular complexity index is 203. The van der Waals surface area contributed by atoms with Crippen molar-refractivity contribution in [3.8, 4) is 0 Å². The lowest BCUT2D eigenvalue weighted by Gasteiger charge is -2.30. The molecule has 88 valence electrons. The summed E-state index contributed by atoms with van der Waals surface area (Å²) in [4.78, 5) is 13.8. The van der Waals surface area contributed by atoms with Crippen molar-refractivity contribution in [2.75, 3.05) is 31.7 Å². The van der Waals surface area contributed by atoms with Crippen LogP contribution in [0.2, 0.25) is 0 Å². The third-order valence-electron chi connectivity index (χ3n) is 3.13. The van der Waals surface area contributed by atoms with E-state index in [1.807, 2.05) is 18.7 Å². The van der Waals surface area contributed by atoms with E-state index in [2.05, 4.69) is 11.8 Å². The van der Waals surface area contributed by atoms with Gasteiger partial charge in [-0.25, -0.2) is 0 Å². The van der Waals surface area contributed by atoms with E-state index in [1.54, 1.807) is 0 Å². The fourth-order valence-electron chi connectivity index (χ4n) is 1.87. The number of hydrogen-bond donors (Lipinski definition) is 0. The molecule has 15 heavy (non-hydrogen) atoms. The molecule has 1 heterocycles. The van der Waals surface area contributed by atoms with Crippen molar-refractivity contribution in [1.82, 2.24) is 4.90 Å². The second-order valence-electron chi connectivity index (χ2n) is 4.05. The first-order chi connectivity index (χ1) is 7.16. The quantitative estimate of drug-likeness (QED) is 0.690. The van der Waals surface area contributed by atoms with Crippen LogP contribution in [0.5, 0.6) is 0 Å². The molecule has 1 saturated heterocycles. The number of carbonyl (C=O) groups is 1. The van der Waals surface area contributed by atoms with Crippen molar-refractivity contribution >= 4 is 17.7 Å². The molecule has 0 aromatic carbocycles. The minimum Gasteiger partial charge on any atom is -0.469 e. The Balaban J connectivity index is 2.49. The number of methoxy groups -OCH3 is 1. The van der Waals surface area contributed by atoms with Crippen molar-refractivity contribution in [3.05, 3.63) is 0 Å². The van der Waals surface area contributed by atoms with Crippen LogP contribution in [0.25, 0.3) is 0 Å². The lowest BCUT2D eigenvalue weighted by molar-refractivity contribution is -0.147. The summed E-state index contributed by atoms with van der Waals surface area (Å²) in [6, 6.07) is 0.288. The molecular formula is C11H21NO2S. The highest BCUT2D eigenvalue weighted by Crippen LogP contribution is 2.17. The molecule has 3 nitrogen and oxygen atoms in total. The Morgan fingerprint density at radius 1 is 1.33 bits per heavy atom. The van der Waals surface area contributed by atoms with Crippen LogP contribution in [0.15, 0.2) is 0 Å². The minimum absolute atomic E-state index is 0.0295. The molecule has 1 aliphatic rings. The van der Waals surface area contributed by atoms with Crippen LogP contribution in [0, 0.1) is 5.92 Å². The van der Waals surface area contributed by atoms with E-state index in [0.29, 0.717) is 0 Å². The van der Waals surface area contributed by atoms with Crippen LogP contribution in [-0.2, 0) is 9.53 Å². The first kappa shape index (κ1) is 12.8. The summed E-state index contributed by atoms with van der Waals surface area (Å²) in [5, 5.41) is 0. The van der Waals surface area contributed by atoms with Gasteiger partial charge in [0.05, 0.1) is 13.0 Å². The van der Waals surface area contributed by atoms with Gasteiger partial charge in [-0.15, -0.1) is 0 Å². The first-order valence-corrected chi connectivity index (χ1v) is 6.72. The third kappa shape index (κ3) is 3.68. The molecule has 0 spiro atoms. The maximum absolute atomic E-state index is 11.4. The van der Waals surface area contributed by atoms with Crippen LogP contribution in [0.3, 0.4) is 0 Å². The molecule has 0 amide bonds. The molecule has 4 heteroatoms. The third-order valence-corrected chi connectivity index (χ3v) is 4.18. The number of rotatable bonds is 3. The Morgan fingerprint density at radius 3 is 2.73 bits per heavy atom. The molecule has 0 saturated carbocycles. The molecule has 1 aliphatic heterocycles.